The summed E-state index contributed by atoms with van der Waals surface area (Å²) in [5, 5.41) is 8.93. The van der Waals surface area contributed by atoms with E-state index in [2.05, 4.69) is 24.5 Å². The van der Waals surface area contributed by atoms with E-state index in [4.69, 9.17) is 32.0 Å². The largest absolute Gasteiger partial charge is 0.459 e. The van der Waals surface area contributed by atoms with Crippen LogP contribution in [0, 0.1) is 0 Å². The third kappa shape index (κ3) is 7.05. The number of benzene rings is 4. The predicted molar refractivity (Wildman–Crippen MR) is 201 cm³/mol. The van der Waals surface area contributed by atoms with E-state index in [1.165, 1.54) is 12.1 Å². The molecule has 0 aliphatic carbocycles. The molecule has 0 saturated heterocycles. The Labute approximate surface area is 313 Å². The van der Waals surface area contributed by atoms with Crippen molar-refractivity contribution in [1.82, 2.24) is 10.6 Å². The summed E-state index contributed by atoms with van der Waals surface area (Å²) in [4.78, 5) is 0.885. The van der Waals surface area contributed by atoms with Gasteiger partial charge < -0.3 is 19.5 Å². The summed E-state index contributed by atoms with van der Waals surface area (Å²) in [7, 11) is -7.23. The summed E-state index contributed by atoms with van der Waals surface area (Å²) in [5.41, 5.74) is 3.11. The van der Waals surface area contributed by atoms with E-state index in [1.807, 2.05) is 0 Å². The minimum atomic E-state index is -3.61. The molecule has 0 bridgehead atoms. The van der Waals surface area contributed by atoms with Crippen LogP contribution < -0.4 is 10.6 Å². The van der Waals surface area contributed by atoms with Gasteiger partial charge in [-0.05, 0) is 62.4 Å². The molecule has 2 unspecified atom stereocenters. The van der Waals surface area contributed by atoms with E-state index in [1.54, 1.807) is 72.8 Å². The average Bonchev–Trinajstić information content (AvgIpc) is 3.64. The summed E-state index contributed by atoms with van der Waals surface area (Å²) in [6.45, 7) is 5.47. The maximum absolute atomic E-state index is 12.9. The zero-order valence-electron chi connectivity index (χ0n) is 26.9. The smallest absolute Gasteiger partial charge is 0.206 e. The number of rotatable bonds is 4. The fourth-order valence-corrected chi connectivity index (χ4v) is 9.53. The lowest BCUT2D eigenvalue weighted by atomic mass is 10.0. The molecule has 2 aliphatic rings. The molecule has 2 N–H and O–H groups in total. The number of sulfone groups is 2. The molecule has 0 fully saturated rings. The molecule has 0 spiro atoms. The molecule has 0 amide bonds. The van der Waals surface area contributed by atoms with E-state index < -0.39 is 19.7 Å². The fraction of sp³-hybridized carbons (Fsp3) is 0.222. The van der Waals surface area contributed by atoms with Gasteiger partial charge in [0.15, 0.2) is 11.2 Å². The Morgan fingerprint density at radius 1 is 0.580 bits per heavy atom. The second-order valence-electron chi connectivity index (χ2n) is 12.2. The topological polar surface area (TPSA) is 119 Å². The summed E-state index contributed by atoms with van der Waals surface area (Å²) < 4.78 is 63.3. The SMILES string of the molecule is CC1Cc2oc3c(Cl)cc(S(=O)(=O)c4ccccc4)cc3c2CN1.CC1Cc2oc3c(Cl)cc(S(=O)(=O)c4ccccc4)cc3c2CN1.Cl.Cl. The summed E-state index contributed by atoms with van der Waals surface area (Å²) in [6.07, 6.45) is 1.53. The van der Waals surface area contributed by atoms with Gasteiger partial charge in [0, 0.05) is 59.9 Å². The first-order valence-corrected chi connectivity index (χ1v) is 19.2. The van der Waals surface area contributed by atoms with Gasteiger partial charge in [0.1, 0.15) is 11.5 Å². The van der Waals surface area contributed by atoms with Crippen LogP contribution in [-0.4, -0.2) is 28.9 Å². The van der Waals surface area contributed by atoms with Crippen LogP contribution in [0.1, 0.15) is 36.5 Å². The number of hydrogen-bond donors (Lipinski definition) is 2. The molecule has 264 valence electrons. The summed E-state index contributed by atoms with van der Waals surface area (Å²) >= 11 is 12.7. The highest BCUT2D eigenvalue weighted by Crippen LogP contribution is 2.38. The zero-order chi connectivity index (χ0) is 33.8. The second-order valence-corrected chi connectivity index (χ2v) is 16.9. The molecular formula is C36H34Cl4N2O6S2. The molecule has 4 heterocycles. The molecular weight excluding hydrogens is 762 g/mol. The molecule has 14 heteroatoms. The molecule has 2 atom stereocenters. The molecule has 0 radical (unpaired) electrons. The van der Waals surface area contributed by atoms with Gasteiger partial charge in [-0.15, -0.1) is 24.8 Å². The number of fused-ring (bicyclic) bond motifs is 6. The highest BCUT2D eigenvalue weighted by Gasteiger charge is 2.27. The third-order valence-electron chi connectivity index (χ3n) is 8.77. The second kappa shape index (κ2) is 14.9. The van der Waals surface area contributed by atoms with Crippen LogP contribution in [0.5, 0.6) is 0 Å². The van der Waals surface area contributed by atoms with Crippen LogP contribution in [0.4, 0.5) is 0 Å². The minimum absolute atomic E-state index is 0. The van der Waals surface area contributed by atoms with Crippen molar-refractivity contribution in [3.63, 3.8) is 0 Å². The predicted octanol–water partition coefficient (Wildman–Crippen LogP) is 8.75. The van der Waals surface area contributed by atoms with Gasteiger partial charge in [0.25, 0.3) is 0 Å². The van der Waals surface area contributed by atoms with Crippen molar-refractivity contribution in [2.45, 2.75) is 71.4 Å². The van der Waals surface area contributed by atoms with E-state index in [9.17, 15) is 16.8 Å². The van der Waals surface area contributed by atoms with Crippen molar-refractivity contribution in [3.05, 3.63) is 118 Å². The third-order valence-corrected chi connectivity index (χ3v) is 12.8. The Kier molecular flexibility index (Phi) is 11.4. The van der Waals surface area contributed by atoms with Crippen LogP contribution in [-0.2, 0) is 45.6 Å². The van der Waals surface area contributed by atoms with Gasteiger partial charge in [-0.1, -0.05) is 59.6 Å². The minimum Gasteiger partial charge on any atom is -0.459 e. The lowest BCUT2D eigenvalue weighted by Crippen LogP contribution is -2.32. The monoisotopic (exact) mass is 794 g/mol. The fourth-order valence-electron chi connectivity index (χ4n) is 6.22. The molecule has 8 rings (SSSR count). The molecule has 2 aromatic heterocycles. The Morgan fingerprint density at radius 3 is 1.30 bits per heavy atom. The first-order valence-electron chi connectivity index (χ1n) is 15.5. The van der Waals surface area contributed by atoms with Crippen molar-refractivity contribution < 1.29 is 25.7 Å². The molecule has 8 nitrogen and oxygen atoms in total. The quantitative estimate of drug-likeness (QED) is 0.182. The lowest BCUT2D eigenvalue weighted by Gasteiger charge is -2.18. The zero-order valence-corrected chi connectivity index (χ0v) is 31.7. The lowest BCUT2D eigenvalue weighted by molar-refractivity contribution is 0.439. The average molecular weight is 797 g/mol. The van der Waals surface area contributed by atoms with Crippen molar-refractivity contribution in [2.24, 2.45) is 0 Å². The summed E-state index contributed by atoms with van der Waals surface area (Å²) in [5.74, 6) is 1.76. The van der Waals surface area contributed by atoms with Gasteiger partial charge in [0.05, 0.1) is 29.6 Å². The normalized spacial score (nSPS) is 17.1. The number of nitrogens with one attached hydrogen (secondary N) is 2. The molecule has 2 aliphatic heterocycles. The van der Waals surface area contributed by atoms with Crippen LogP contribution in [0.15, 0.2) is 113 Å². The van der Waals surface area contributed by atoms with Crippen molar-refractivity contribution in [1.29, 1.82) is 0 Å². The van der Waals surface area contributed by atoms with Crippen molar-refractivity contribution >= 4 is 89.6 Å². The Morgan fingerprint density at radius 2 is 0.940 bits per heavy atom. The maximum Gasteiger partial charge on any atom is 0.206 e. The van der Waals surface area contributed by atoms with E-state index in [0.717, 1.165) is 46.3 Å². The van der Waals surface area contributed by atoms with E-state index >= 15 is 0 Å². The summed E-state index contributed by atoms with van der Waals surface area (Å²) in [6, 6.07) is 23.7. The standard InChI is InChI=1S/2C18H16ClNO3S.2ClH/c2*1-11-7-17-15(10-20-11)14-8-13(9-16(19)18(14)23-17)24(21,22)12-5-3-2-4-6-12;;/h2*2-6,8-9,11,20H,7,10H2,1H3;2*1H. The van der Waals surface area contributed by atoms with Crippen LogP contribution in [0.2, 0.25) is 10.0 Å². The Hall–Kier alpha value is -3.06. The Bertz CT molecular complexity index is 2230. The van der Waals surface area contributed by atoms with E-state index in [0.29, 0.717) is 46.4 Å². The Balaban J connectivity index is 0.000000187. The number of hydrogen-bond acceptors (Lipinski definition) is 8. The van der Waals surface area contributed by atoms with Gasteiger partial charge in [-0.25, -0.2) is 16.8 Å². The van der Waals surface area contributed by atoms with Crippen molar-refractivity contribution in [3.8, 4) is 0 Å². The molecule has 50 heavy (non-hydrogen) atoms. The van der Waals surface area contributed by atoms with Crippen LogP contribution in [0.3, 0.4) is 0 Å². The maximum atomic E-state index is 12.9. The van der Waals surface area contributed by atoms with Crippen LogP contribution >= 0.6 is 48.0 Å². The first-order chi connectivity index (χ1) is 22.9. The molecule has 4 aromatic carbocycles. The van der Waals surface area contributed by atoms with E-state index in [-0.39, 0.29) is 44.4 Å². The molecule has 0 saturated carbocycles. The highest BCUT2D eigenvalue weighted by atomic mass is 35.5. The van der Waals surface area contributed by atoms with Gasteiger partial charge in [-0.2, -0.15) is 0 Å². The molecule has 6 aromatic rings. The van der Waals surface area contributed by atoms with Gasteiger partial charge in [-0.3, -0.25) is 0 Å². The first kappa shape index (κ1) is 38.2. The van der Waals surface area contributed by atoms with Gasteiger partial charge >= 0.3 is 0 Å². The van der Waals surface area contributed by atoms with Crippen LogP contribution in [0.25, 0.3) is 21.9 Å². The number of halogens is 4. The highest BCUT2D eigenvalue weighted by molar-refractivity contribution is 7.91. The van der Waals surface area contributed by atoms with Gasteiger partial charge in [0.2, 0.25) is 19.7 Å². The van der Waals surface area contributed by atoms with Crippen molar-refractivity contribution in [2.75, 3.05) is 0 Å². The number of furan rings is 2.